The topological polar surface area (TPSA) is 35.2 Å². The minimum absolute atomic E-state index is 0.241. The zero-order valence-electron chi connectivity index (χ0n) is 12.1. The maximum atomic E-state index is 6.40. The van der Waals surface area contributed by atoms with Gasteiger partial charge in [-0.05, 0) is 44.0 Å². The summed E-state index contributed by atoms with van der Waals surface area (Å²) in [6, 6.07) is 11.8. The molecule has 0 saturated heterocycles. The van der Waals surface area contributed by atoms with E-state index >= 15 is 0 Å². The van der Waals surface area contributed by atoms with E-state index in [0.717, 1.165) is 33.0 Å². The zero-order valence-corrected chi connectivity index (χ0v) is 12.9. The summed E-state index contributed by atoms with van der Waals surface area (Å²) in [4.78, 5) is 0. The molecular formula is C17H20ClNO. The molecular weight excluding hydrogens is 270 g/mol. The fourth-order valence-electron chi connectivity index (χ4n) is 2.18. The standard InChI is InChI=1S/C17H20ClNO/c1-4-20-16-8-5-11(2)9-14(16)17(19)13-7-6-12(3)15(18)10-13/h5-10,17H,4,19H2,1-3H3. The fourth-order valence-corrected chi connectivity index (χ4v) is 2.37. The lowest BCUT2D eigenvalue weighted by Crippen LogP contribution is -2.14. The summed E-state index contributed by atoms with van der Waals surface area (Å²) in [5, 5.41) is 0.739. The quantitative estimate of drug-likeness (QED) is 0.905. The first kappa shape index (κ1) is 14.9. The summed E-state index contributed by atoms with van der Waals surface area (Å²) in [7, 11) is 0. The van der Waals surface area contributed by atoms with Crippen molar-refractivity contribution < 1.29 is 4.74 Å². The SMILES string of the molecule is CCOc1ccc(C)cc1C(N)c1ccc(C)c(Cl)c1. The highest BCUT2D eigenvalue weighted by atomic mass is 35.5. The molecule has 0 fully saturated rings. The van der Waals surface area contributed by atoms with Gasteiger partial charge in [0.1, 0.15) is 5.75 Å². The molecule has 0 bridgehead atoms. The van der Waals surface area contributed by atoms with Crippen LogP contribution in [0.2, 0.25) is 5.02 Å². The first-order valence-corrected chi connectivity index (χ1v) is 7.15. The number of halogens is 1. The molecule has 0 aliphatic rings. The van der Waals surface area contributed by atoms with Crippen molar-refractivity contribution >= 4 is 11.6 Å². The van der Waals surface area contributed by atoms with Crippen LogP contribution >= 0.6 is 11.6 Å². The van der Waals surface area contributed by atoms with Gasteiger partial charge in [-0.1, -0.05) is 41.4 Å². The van der Waals surface area contributed by atoms with Crippen molar-refractivity contribution in [2.24, 2.45) is 5.73 Å². The Bertz CT molecular complexity index is 610. The second-order valence-electron chi connectivity index (χ2n) is 4.96. The molecule has 3 heteroatoms. The van der Waals surface area contributed by atoms with Crippen LogP contribution in [0.5, 0.6) is 5.75 Å². The summed E-state index contributed by atoms with van der Waals surface area (Å²) in [6.07, 6.45) is 0. The molecule has 0 aromatic heterocycles. The molecule has 1 unspecified atom stereocenters. The molecule has 106 valence electrons. The molecule has 0 spiro atoms. The van der Waals surface area contributed by atoms with Gasteiger partial charge in [-0.2, -0.15) is 0 Å². The van der Waals surface area contributed by atoms with Crippen molar-refractivity contribution in [2.45, 2.75) is 26.8 Å². The number of hydrogen-bond donors (Lipinski definition) is 1. The minimum Gasteiger partial charge on any atom is -0.494 e. The van der Waals surface area contributed by atoms with Crippen LogP contribution in [-0.2, 0) is 0 Å². The van der Waals surface area contributed by atoms with Crippen molar-refractivity contribution in [1.29, 1.82) is 0 Å². The van der Waals surface area contributed by atoms with Gasteiger partial charge in [-0.15, -0.1) is 0 Å². The van der Waals surface area contributed by atoms with Crippen molar-refractivity contribution in [3.05, 3.63) is 63.7 Å². The van der Waals surface area contributed by atoms with Gasteiger partial charge < -0.3 is 10.5 Å². The molecule has 20 heavy (non-hydrogen) atoms. The molecule has 2 nitrogen and oxygen atoms in total. The van der Waals surface area contributed by atoms with Gasteiger partial charge in [-0.3, -0.25) is 0 Å². The Kier molecular flexibility index (Phi) is 4.69. The fraction of sp³-hybridized carbons (Fsp3) is 0.294. The van der Waals surface area contributed by atoms with E-state index in [1.54, 1.807) is 0 Å². The van der Waals surface area contributed by atoms with Gasteiger partial charge in [-0.25, -0.2) is 0 Å². The predicted molar refractivity (Wildman–Crippen MR) is 84.6 cm³/mol. The number of benzene rings is 2. The van der Waals surface area contributed by atoms with Gasteiger partial charge in [0.2, 0.25) is 0 Å². The molecule has 2 N–H and O–H groups in total. The highest BCUT2D eigenvalue weighted by Gasteiger charge is 2.15. The lowest BCUT2D eigenvalue weighted by atomic mass is 9.96. The first-order valence-electron chi connectivity index (χ1n) is 6.78. The summed E-state index contributed by atoms with van der Waals surface area (Å²) in [5.41, 5.74) is 10.6. The number of rotatable bonds is 4. The van der Waals surface area contributed by atoms with Crippen LogP contribution in [0.1, 0.15) is 35.2 Å². The van der Waals surface area contributed by atoms with Crippen molar-refractivity contribution in [3.8, 4) is 5.75 Å². The van der Waals surface area contributed by atoms with Crippen LogP contribution in [0, 0.1) is 13.8 Å². The highest BCUT2D eigenvalue weighted by Crippen LogP contribution is 2.31. The van der Waals surface area contributed by atoms with Crippen LogP contribution in [0.25, 0.3) is 0 Å². The monoisotopic (exact) mass is 289 g/mol. The van der Waals surface area contributed by atoms with Crippen molar-refractivity contribution in [1.82, 2.24) is 0 Å². The van der Waals surface area contributed by atoms with Gasteiger partial charge in [0.25, 0.3) is 0 Å². The molecule has 2 aromatic rings. The van der Waals surface area contributed by atoms with Crippen LogP contribution in [-0.4, -0.2) is 6.61 Å². The van der Waals surface area contributed by atoms with E-state index in [0.29, 0.717) is 6.61 Å². The third kappa shape index (κ3) is 3.14. The Labute approximate surface area is 125 Å². The molecule has 1 atom stereocenters. The van der Waals surface area contributed by atoms with Gasteiger partial charge in [0, 0.05) is 10.6 Å². The molecule has 0 saturated carbocycles. The van der Waals surface area contributed by atoms with E-state index in [2.05, 4.69) is 6.07 Å². The second kappa shape index (κ2) is 6.29. The van der Waals surface area contributed by atoms with E-state index in [9.17, 15) is 0 Å². The molecule has 0 radical (unpaired) electrons. The van der Waals surface area contributed by atoms with Gasteiger partial charge in [0.05, 0.1) is 12.6 Å². The maximum absolute atomic E-state index is 6.40. The van der Waals surface area contributed by atoms with E-state index in [4.69, 9.17) is 22.1 Å². The van der Waals surface area contributed by atoms with Crippen molar-refractivity contribution in [3.63, 3.8) is 0 Å². The largest absolute Gasteiger partial charge is 0.494 e. The lowest BCUT2D eigenvalue weighted by Gasteiger charge is -2.18. The molecule has 0 aliphatic carbocycles. The summed E-state index contributed by atoms with van der Waals surface area (Å²) >= 11 is 6.19. The van der Waals surface area contributed by atoms with E-state index in [1.165, 1.54) is 0 Å². The van der Waals surface area contributed by atoms with Crippen LogP contribution in [0.4, 0.5) is 0 Å². The normalized spacial score (nSPS) is 12.2. The van der Waals surface area contributed by atoms with E-state index in [1.807, 2.05) is 51.1 Å². The first-order chi connectivity index (χ1) is 9.52. The van der Waals surface area contributed by atoms with Crippen molar-refractivity contribution in [2.75, 3.05) is 6.61 Å². The number of ether oxygens (including phenoxy) is 1. The molecule has 2 rings (SSSR count). The van der Waals surface area contributed by atoms with Gasteiger partial charge >= 0.3 is 0 Å². The summed E-state index contributed by atoms with van der Waals surface area (Å²) in [6.45, 7) is 6.62. The number of hydrogen-bond acceptors (Lipinski definition) is 2. The lowest BCUT2D eigenvalue weighted by molar-refractivity contribution is 0.335. The maximum Gasteiger partial charge on any atom is 0.124 e. The average Bonchev–Trinajstić information content (AvgIpc) is 2.43. The Morgan fingerprint density at radius 1 is 1.15 bits per heavy atom. The second-order valence-corrected chi connectivity index (χ2v) is 5.37. The Balaban J connectivity index is 2.43. The number of aryl methyl sites for hydroxylation is 2. The average molecular weight is 290 g/mol. The van der Waals surface area contributed by atoms with Crippen LogP contribution in [0.3, 0.4) is 0 Å². The Hall–Kier alpha value is -1.51. The number of nitrogens with two attached hydrogens (primary N) is 1. The third-order valence-electron chi connectivity index (χ3n) is 3.36. The van der Waals surface area contributed by atoms with E-state index in [-0.39, 0.29) is 6.04 Å². The third-order valence-corrected chi connectivity index (χ3v) is 3.76. The minimum atomic E-state index is -0.241. The van der Waals surface area contributed by atoms with E-state index < -0.39 is 0 Å². The summed E-state index contributed by atoms with van der Waals surface area (Å²) < 4.78 is 5.68. The summed E-state index contributed by atoms with van der Waals surface area (Å²) in [5.74, 6) is 0.835. The Morgan fingerprint density at radius 3 is 2.55 bits per heavy atom. The molecule has 0 amide bonds. The molecule has 0 aliphatic heterocycles. The predicted octanol–water partition coefficient (Wildman–Crippen LogP) is 4.40. The molecule has 2 aromatic carbocycles. The van der Waals surface area contributed by atoms with Crippen LogP contribution < -0.4 is 10.5 Å². The van der Waals surface area contributed by atoms with Gasteiger partial charge in [0.15, 0.2) is 0 Å². The van der Waals surface area contributed by atoms with Crippen LogP contribution in [0.15, 0.2) is 36.4 Å². The highest BCUT2D eigenvalue weighted by molar-refractivity contribution is 6.31. The molecule has 0 heterocycles. The Morgan fingerprint density at radius 2 is 1.90 bits per heavy atom. The zero-order chi connectivity index (χ0) is 14.7. The smallest absolute Gasteiger partial charge is 0.124 e.